The van der Waals surface area contributed by atoms with E-state index >= 15 is 0 Å². The molecule has 0 aliphatic heterocycles. The summed E-state index contributed by atoms with van der Waals surface area (Å²) in [5.41, 5.74) is 3.99. The number of rotatable bonds is 21. The van der Waals surface area contributed by atoms with Gasteiger partial charge in [-0.2, -0.15) is 0 Å². The van der Waals surface area contributed by atoms with Crippen molar-refractivity contribution in [1.82, 2.24) is 10.0 Å². The first kappa shape index (κ1) is 35.6. The van der Waals surface area contributed by atoms with Crippen molar-refractivity contribution in [2.45, 2.75) is 88.4 Å². The zero-order chi connectivity index (χ0) is 32.8. The summed E-state index contributed by atoms with van der Waals surface area (Å²) in [5.74, 6) is -0.388. The number of sulfonamides is 1. The number of phenolic OH excluding ortho intramolecular Hbond substituents is 1. The number of aliphatic hydroxyl groups excluding tert-OH is 1. The Labute approximate surface area is 273 Å². The predicted molar refractivity (Wildman–Crippen MR) is 179 cm³/mol. The maximum Gasteiger partial charge on any atom is 0.302 e. The van der Waals surface area contributed by atoms with Crippen LogP contribution in [-0.4, -0.2) is 56.9 Å². The number of carbonyl (C=O) groups is 1. The van der Waals surface area contributed by atoms with Gasteiger partial charge >= 0.3 is 5.97 Å². The fraction of sp³-hybridized carbons (Fsp3) is 0.472. The molecule has 1 aliphatic carbocycles. The molecular formula is C36H48N2O7S. The molecule has 250 valence electrons. The number of ether oxygens (including phenoxy) is 2. The van der Waals surface area contributed by atoms with Crippen molar-refractivity contribution < 1.29 is 32.9 Å². The van der Waals surface area contributed by atoms with E-state index in [0.29, 0.717) is 22.6 Å². The van der Waals surface area contributed by atoms with E-state index in [2.05, 4.69) is 22.2 Å². The second-order valence-electron chi connectivity index (χ2n) is 12.0. The summed E-state index contributed by atoms with van der Waals surface area (Å²) in [6.07, 6.45) is 8.29. The summed E-state index contributed by atoms with van der Waals surface area (Å²) in [6.45, 7) is 4.00. The average molecular weight is 653 g/mol. The molecule has 0 radical (unpaired) electrons. The molecule has 4 rings (SSSR count). The van der Waals surface area contributed by atoms with Gasteiger partial charge in [0, 0.05) is 43.9 Å². The Morgan fingerprint density at radius 1 is 0.935 bits per heavy atom. The van der Waals surface area contributed by atoms with Crippen LogP contribution in [0.5, 0.6) is 5.75 Å². The minimum atomic E-state index is -3.53. The third-order valence-corrected chi connectivity index (χ3v) is 9.57. The molecule has 0 bridgehead atoms. The van der Waals surface area contributed by atoms with Gasteiger partial charge in [-0.1, -0.05) is 61.4 Å². The highest BCUT2D eigenvalue weighted by Gasteiger charge is 2.29. The van der Waals surface area contributed by atoms with Crippen LogP contribution in [0.3, 0.4) is 0 Å². The van der Waals surface area contributed by atoms with Gasteiger partial charge in [0.1, 0.15) is 12.4 Å². The molecule has 9 nitrogen and oxygen atoms in total. The molecule has 10 heteroatoms. The summed E-state index contributed by atoms with van der Waals surface area (Å²) in [5, 5.41) is 23.7. The standard InChI is InChI=1S/C36H48N2O7S/c1-27(39)45-26-31-24-30(17-20-34(31)40)35(41)25-37-21-7-2-3-8-22-44-23-9-6-10-28-13-15-29(16-14-28)33-11-4-5-12-36(33)46(42,43)38-32-18-19-32/h4-5,11-17,20,24,32,35,37-38,40-41H,2-3,6-10,18-19,21-23,25-26H2,1H3/t35-/m0/s1. The van der Waals surface area contributed by atoms with Crippen molar-refractivity contribution in [2.24, 2.45) is 0 Å². The highest BCUT2D eigenvalue weighted by Crippen LogP contribution is 2.30. The van der Waals surface area contributed by atoms with Crippen LogP contribution in [0, 0.1) is 0 Å². The van der Waals surface area contributed by atoms with Gasteiger partial charge in [-0.25, -0.2) is 13.1 Å². The summed E-state index contributed by atoms with van der Waals surface area (Å²) < 4.78 is 39.2. The number of hydrogen-bond donors (Lipinski definition) is 4. The lowest BCUT2D eigenvalue weighted by Gasteiger charge is -2.14. The second-order valence-corrected chi connectivity index (χ2v) is 13.6. The SMILES string of the molecule is CC(=O)OCc1cc([C@@H](O)CNCCCCCCOCCCCc2ccc(-c3ccccc3S(=O)(=O)NC3CC3)cc2)ccc1O. The minimum absolute atomic E-state index is 0.0271. The number of nitrogens with one attached hydrogen (secondary N) is 2. The number of aliphatic hydroxyl groups is 1. The summed E-state index contributed by atoms with van der Waals surface area (Å²) >= 11 is 0. The quantitative estimate of drug-likeness (QED) is 0.0840. The van der Waals surface area contributed by atoms with Gasteiger partial charge < -0.3 is 25.0 Å². The van der Waals surface area contributed by atoms with E-state index in [4.69, 9.17) is 9.47 Å². The van der Waals surface area contributed by atoms with Crippen molar-refractivity contribution in [3.8, 4) is 16.9 Å². The van der Waals surface area contributed by atoms with E-state index in [1.807, 2.05) is 24.3 Å². The van der Waals surface area contributed by atoms with Crippen LogP contribution in [0.1, 0.15) is 81.1 Å². The molecule has 3 aromatic rings. The Bertz CT molecular complexity index is 1490. The lowest BCUT2D eigenvalue weighted by Crippen LogP contribution is -2.26. The number of aryl methyl sites for hydroxylation is 1. The third-order valence-electron chi connectivity index (χ3n) is 7.99. The van der Waals surface area contributed by atoms with E-state index in [9.17, 15) is 23.4 Å². The fourth-order valence-corrected chi connectivity index (χ4v) is 6.72. The summed E-state index contributed by atoms with van der Waals surface area (Å²) in [4.78, 5) is 11.4. The molecule has 1 fully saturated rings. The number of unbranched alkanes of at least 4 members (excludes halogenated alkanes) is 4. The number of esters is 1. The zero-order valence-electron chi connectivity index (χ0n) is 26.7. The first-order valence-corrected chi connectivity index (χ1v) is 17.8. The monoisotopic (exact) mass is 652 g/mol. The van der Waals surface area contributed by atoms with Crippen molar-refractivity contribution in [3.63, 3.8) is 0 Å². The lowest BCUT2D eigenvalue weighted by molar-refractivity contribution is -0.142. The Morgan fingerprint density at radius 3 is 2.39 bits per heavy atom. The minimum Gasteiger partial charge on any atom is -0.508 e. The van der Waals surface area contributed by atoms with Crippen LogP contribution < -0.4 is 10.0 Å². The molecule has 1 saturated carbocycles. The molecule has 46 heavy (non-hydrogen) atoms. The zero-order valence-corrected chi connectivity index (χ0v) is 27.6. The maximum absolute atomic E-state index is 12.8. The highest BCUT2D eigenvalue weighted by molar-refractivity contribution is 7.89. The normalized spacial score (nSPS) is 13.9. The molecule has 4 N–H and O–H groups in total. The highest BCUT2D eigenvalue weighted by atomic mass is 32.2. The van der Waals surface area contributed by atoms with Crippen LogP contribution in [-0.2, 0) is 37.3 Å². The first-order valence-electron chi connectivity index (χ1n) is 16.4. The number of aromatic hydroxyl groups is 1. The van der Waals surface area contributed by atoms with E-state index in [-0.39, 0.29) is 18.4 Å². The third kappa shape index (κ3) is 11.8. The van der Waals surface area contributed by atoms with Gasteiger partial charge in [-0.05, 0) is 86.4 Å². The predicted octanol–water partition coefficient (Wildman–Crippen LogP) is 5.79. The Kier molecular flexibility index (Phi) is 14.0. The molecule has 0 heterocycles. The molecule has 0 saturated heterocycles. The van der Waals surface area contributed by atoms with Gasteiger partial charge in [0.05, 0.1) is 11.0 Å². The van der Waals surface area contributed by atoms with Crippen LogP contribution in [0.2, 0.25) is 0 Å². The second kappa shape index (κ2) is 18.2. The number of benzene rings is 3. The van der Waals surface area contributed by atoms with Gasteiger partial charge in [0.2, 0.25) is 10.0 Å². The van der Waals surface area contributed by atoms with Crippen molar-refractivity contribution in [2.75, 3.05) is 26.3 Å². The summed E-state index contributed by atoms with van der Waals surface area (Å²) in [7, 11) is -3.53. The van der Waals surface area contributed by atoms with E-state index in [1.54, 1.807) is 24.3 Å². The van der Waals surface area contributed by atoms with Crippen LogP contribution in [0.15, 0.2) is 71.6 Å². The van der Waals surface area contributed by atoms with Gasteiger partial charge in [-0.15, -0.1) is 0 Å². The first-order chi connectivity index (χ1) is 22.2. The molecule has 0 aromatic heterocycles. The van der Waals surface area contributed by atoms with Gasteiger partial charge in [0.25, 0.3) is 0 Å². The van der Waals surface area contributed by atoms with Crippen molar-refractivity contribution in [3.05, 3.63) is 83.4 Å². The lowest BCUT2D eigenvalue weighted by atomic mass is 10.0. The molecular weight excluding hydrogens is 604 g/mol. The Morgan fingerprint density at radius 2 is 1.65 bits per heavy atom. The van der Waals surface area contributed by atoms with Crippen LogP contribution in [0.4, 0.5) is 0 Å². The number of phenols is 1. The van der Waals surface area contributed by atoms with Gasteiger partial charge in [0.15, 0.2) is 0 Å². The van der Waals surface area contributed by atoms with Crippen molar-refractivity contribution in [1.29, 1.82) is 0 Å². The molecule has 0 spiro atoms. The van der Waals surface area contributed by atoms with Crippen LogP contribution in [0.25, 0.3) is 11.1 Å². The van der Waals surface area contributed by atoms with E-state index in [1.165, 1.54) is 18.6 Å². The Hall–Kier alpha value is -3.28. The molecule has 3 aromatic carbocycles. The van der Waals surface area contributed by atoms with E-state index < -0.39 is 22.1 Å². The molecule has 0 amide bonds. The smallest absolute Gasteiger partial charge is 0.302 e. The molecule has 1 aliphatic rings. The Balaban J connectivity index is 1.02. The number of hydrogen-bond acceptors (Lipinski definition) is 8. The fourth-order valence-electron chi connectivity index (χ4n) is 5.18. The largest absolute Gasteiger partial charge is 0.508 e. The maximum atomic E-state index is 12.8. The van der Waals surface area contributed by atoms with E-state index in [0.717, 1.165) is 88.7 Å². The number of carbonyl (C=O) groups excluding carboxylic acids is 1. The molecule has 1 atom stereocenters. The average Bonchev–Trinajstić information content (AvgIpc) is 3.86. The molecule has 0 unspecified atom stereocenters. The van der Waals surface area contributed by atoms with Crippen molar-refractivity contribution >= 4 is 16.0 Å². The van der Waals surface area contributed by atoms with Gasteiger partial charge in [-0.3, -0.25) is 4.79 Å². The topological polar surface area (TPSA) is 134 Å². The van der Waals surface area contributed by atoms with Crippen LogP contribution >= 0.6 is 0 Å². The summed E-state index contributed by atoms with van der Waals surface area (Å²) in [6, 6.07) is 20.3.